The molecule has 1 atom stereocenters. The summed E-state index contributed by atoms with van der Waals surface area (Å²) in [5.41, 5.74) is 3.12. The zero-order valence-corrected chi connectivity index (χ0v) is 18.4. The predicted molar refractivity (Wildman–Crippen MR) is 129 cm³/mol. The molecule has 1 heterocycles. The fraction of sp³-hybridized carbons (Fsp3) is 0.231. The maximum absolute atomic E-state index is 12.3. The van der Waals surface area contributed by atoms with Crippen molar-refractivity contribution in [2.24, 2.45) is 0 Å². The van der Waals surface area contributed by atoms with Gasteiger partial charge in [0.15, 0.2) is 0 Å². The third-order valence-corrected chi connectivity index (χ3v) is 5.40. The second-order valence-electron chi connectivity index (χ2n) is 7.95. The normalized spacial score (nSPS) is 16.1. The Morgan fingerprint density at radius 1 is 0.848 bits per heavy atom. The van der Waals surface area contributed by atoms with Crippen molar-refractivity contribution in [3.05, 3.63) is 96.1 Å². The molecular weight excluding hydrogens is 416 g/mol. The van der Waals surface area contributed by atoms with E-state index in [0.29, 0.717) is 24.4 Å². The molecule has 7 heteroatoms. The topological polar surface area (TPSA) is 82.7 Å². The number of ether oxygens (including phenoxy) is 1. The van der Waals surface area contributed by atoms with Gasteiger partial charge < -0.3 is 20.7 Å². The maximum Gasteiger partial charge on any atom is 0.319 e. The molecule has 0 aromatic heterocycles. The quantitative estimate of drug-likeness (QED) is 0.515. The monoisotopic (exact) mass is 444 g/mol. The van der Waals surface area contributed by atoms with Crippen molar-refractivity contribution in [3.8, 4) is 0 Å². The predicted octanol–water partition coefficient (Wildman–Crippen LogP) is 3.96. The van der Waals surface area contributed by atoms with E-state index in [0.717, 1.165) is 25.3 Å². The zero-order chi connectivity index (χ0) is 22.9. The van der Waals surface area contributed by atoms with Crippen LogP contribution in [0.5, 0.6) is 0 Å². The molecule has 1 fully saturated rings. The highest BCUT2D eigenvalue weighted by atomic mass is 16.5. The van der Waals surface area contributed by atoms with Crippen LogP contribution in [0.3, 0.4) is 0 Å². The molecule has 3 amide bonds. The van der Waals surface area contributed by atoms with E-state index in [1.165, 1.54) is 5.56 Å². The molecule has 1 unspecified atom stereocenters. The van der Waals surface area contributed by atoms with Crippen LogP contribution >= 0.6 is 0 Å². The van der Waals surface area contributed by atoms with E-state index in [4.69, 9.17) is 4.74 Å². The Labute approximate surface area is 193 Å². The minimum Gasteiger partial charge on any atom is -0.374 e. The lowest BCUT2D eigenvalue weighted by molar-refractivity contribution is -0.0285. The first-order valence-electron chi connectivity index (χ1n) is 11.0. The molecule has 33 heavy (non-hydrogen) atoms. The fourth-order valence-electron chi connectivity index (χ4n) is 3.70. The highest BCUT2D eigenvalue weighted by Crippen LogP contribution is 2.13. The van der Waals surface area contributed by atoms with Gasteiger partial charge in [0.2, 0.25) is 0 Å². The number of rotatable bonds is 7. The lowest BCUT2D eigenvalue weighted by Crippen LogP contribution is -2.47. The molecule has 170 valence electrons. The van der Waals surface area contributed by atoms with Crippen molar-refractivity contribution in [2.45, 2.75) is 12.6 Å². The molecule has 0 radical (unpaired) electrons. The van der Waals surface area contributed by atoms with Crippen molar-refractivity contribution in [1.82, 2.24) is 10.2 Å². The van der Waals surface area contributed by atoms with E-state index in [2.05, 4.69) is 33.0 Å². The maximum atomic E-state index is 12.3. The van der Waals surface area contributed by atoms with Crippen LogP contribution in [0.15, 0.2) is 84.9 Å². The van der Waals surface area contributed by atoms with Gasteiger partial charge in [0.05, 0.1) is 12.7 Å². The number of hydrogen-bond donors (Lipinski definition) is 3. The molecule has 3 aromatic carbocycles. The molecule has 1 aliphatic heterocycles. The number of urea groups is 1. The van der Waals surface area contributed by atoms with Gasteiger partial charge in [-0.25, -0.2) is 4.79 Å². The molecule has 3 aromatic rings. The molecule has 4 rings (SSSR count). The SMILES string of the molecule is O=C(NCC1CN(Cc2ccccc2)CCO1)Nc1ccc(C(=O)Nc2ccccc2)cc1. The first-order valence-corrected chi connectivity index (χ1v) is 11.0. The molecule has 3 N–H and O–H groups in total. The first kappa shape index (κ1) is 22.5. The van der Waals surface area contributed by atoms with Crippen LogP contribution in [0.4, 0.5) is 16.2 Å². The Bertz CT molecular complexity index is 1040. The van der Waals surface area contributed by atoms with Crippen LogP contribution in [0.25, 0.3) is 0 Å². The molecule has 1 aliphatic rings. The van der Waals surface area contributed by atoms with Crippen molar-refractivity contribution < 1.29 is 14.3 Å². The Kier molecular flexibility index (Phi) is 7.68. The summed E-state index contributed by atoms with van der Waals surface area (Å²) in [5.74, 6) is -0.202. The number of nitrogens with one attached hydrogen (secondary N) is 3. The van der Waals surface area contributed by atoms with Gasteiger partial charge in [-0.1, -0.05) is 48.5 Å². The Hall–Kier alpha value is -3.68. The van der Waals surface area contributed by atoms with Gasteiger partial charge in [-0.05, 0) is 42.0 Å². The highest BCUT2D eigenvalue weighted by Gasteiger charge is 2.21. The largest absolute Gasteiger partial charge is 0.374 e. The van der Waals surface area contributed by atoms with E-state index in [1.807, 2.05) is 48.5 Å². The Balaban J connectivity index is 1.21. The minimum atomic E-state index is -0.305. The van der Waals surface area contributed by atoms with E-state index < -0.39 is 0 Å². The van der Waals surface area contributed by atoms with E-state index in [1.54, 1.807) is 24.3 Å². The molecule has 0 bridgehead atoms. The van der Waals surface area contributed by atoms with Gasteiger partial charge >= 0.3 is 6.03 Å². The number of amides is 3. The van der Waals surface area contributed by atoms with Crippen LogP contribution < -0.4 is 16.0 Å². The van der Waals surface area contributed by atoms with Crippen molar-refractivity contribution in [2.75, 3.05) is 36.9 Å². The van der Waals surface area contributed by atoms with Gasteiger partial charge in [-0.3, -0.25) is 9.69 Å². The summed E-state index contributed by atoms with van der Waals surface area (Å²) in [5, 5.41) is 8.51. The zero-order valence-electron chi connectivity index (χ0n) is 18.4. The molecule has 1 saturated heterocycles. The number of para-hydroxylation sites is 1. The van der Waals surface area contributed by atoms with Crippen LogP contribution in [-0.2, 0) is 11.3 Å². The van der Waals surface area contributed by atoms with Crippen LogP contribution in [-0.4, -0.2) is 49.2 Å². The smallest absolute Gasteiger partial charge is 0.319 e. The number of carbonyl (C=O) groups is 2. The molecular formula is C26H28N4O3. The summed E-state index contributed by atoms with van der Waals surface area (Å²) in [6.07, 6.45) is -0.0581. The average molecular weight is 445 g/mol. The second kappa shape index (κ2) is 11.3. The average Bonchev–Trinajstić information content (AvgIpc) is 2.85. The van der Waals surface area contributed by atoms with Gasteiger partial charge in [0, 0.05) is 43.1 Å². The third-order valence-electron chi connectivity index (χ3n) is 5.40. The minimum absolute atomic E-state index is 0.0581. The van der Waals surface area contributed by atoms with Crippen LogP contribution in [0, 0.1) is 0 Å². The van der Waals surface area contributed by atoms with E-state index in [-0.39, 0.29) is 18.0 Å². The summed E-state index contributed by atoms with van der Waals surface area (Å²) in [6.45, 7) is 3.58. The van der Waals surface area contributed by atoms with Crippen molar-refractivity contribution in [3.63, 3.8) is 0 Å². The van der Waals surface area contributed by atoms with Gasteiger partial charge in [-0.2, -0.15) is 0 Å². The van der Waals surface area contributed by atoms with Crippen LogP contribution in [0.1, 0.15) is 15.9 Å². The number of anilines is 2. The summed E-state index contributed by atoms with van der Waals surface area (Å²) in [4.78, 5) is 27.0. The Morgan fingerprint density at radius 2 is 1.52 bits per heavy atom. The summed E-state index contributed by atoms with van der Waals surface area (Å²) in [7, 11) is 0. The lowest BCUT2D eigenvalue weighted by atomic mass is 10.2. The first-order chi connectivity index (χ1) is 16.2. The second-order valence-corrected chi connectivity index (χ2v) is 7.95. The summed E-state index contributed by atoms with van der Waals surface area (Å²) in [6, 6.07) is 26.1. The van der Waals surface area contributed by atoms with Gasteiger partial charge in [-0.15, -0.1) is 0 Å². The van der Waals surface area contributed by atoms with Gasteiger partial charge in [0.1, 0.15) is 0 Å². The summed E-state index contributed by atoms with van der Waals surface area (Å²) < 4.78 is 5.81. The molecule has 0 saturated carbocycles. The van der Waals surface area contributed by atoms with E-state index in [9.17, 15) is 9.59 Å². The van der Waals surface area contributed by atoms with Crippen LogP contribution in [0.2, 0.25) is 0 Å². The van der Waals surface area contributed by atoms with E-state index >= 15 is 0 Å². The molecule has 0 aliphatic carbocycles. The van der Waals surface area contributed by atoms with Crippen molar-refractivity contribution in [1.29, 1.82) is 0 Å². The number of hydrogen-bond acceptors (Lipinski definition) is 4. The third kappa shape index (κ3) is 6.90. The van der Waals surface area contributed by atoms with Crippen molar-refractivity contribution >= 4 is 23.3 Å². The fourth-order valence-corrected chi connectivity index (χ4v) is 3.70. The molecule has 0 spiro atoms. The van der Waals surface area contributed by atoms with Gasteiger partial charge in [0.25, 0.3) is 5.91 Å². The standard InChI is InChI=1S/C26H28N4O3/c31-25(28-22-9-5-2-6-10-22)21-11-13-23(14-12-21)29-26(32)27-17-24-19-30(15-16-33-24)18-20-7-3-1-4-8-20/h1-14,24H,15-19H2,(H,28,31)(H2,27,29,32). The number of carbonyl (C=O) groups excluding carboxylic acids is 2. The lowest BCUT2D eigenvalue weighted by Gasteiger charge is -2.33. The number of benzene rings is 3. The Morgan fingerprint density at radius 3 is 2.24 bits per heavy atom. The highest BCUT2D eigenvalue weighted by molar-refractivity contribution is 6.04. The number of morpholine rings is 1. The molecule has 7 nitrogen and oxygen atoms in total. The summed E-state index contributed by atoms with van der Waals surface area (Å²) >= 11 is 0. The number of nitrogens with zero attached hydrogens (tertiary/aromatic N) is 1.